The fourth-order valence-corrected chi connectivity index (χ4v) is 1.82. The van der Waals surface area contributed by atoms with E-state index in [1.165, 1.54) is 0 Å². The van der Waals surface area contributed by atoms with Crippen LogP contribution in [0.2, 0.25) is 0 Å². The molecule has 0 spiro atoms. The summed E-state index contributed by atoms with van der Waals surface area (Å²) >= 11 is 0. The van der Waals surface area contributed by atoms with Gasteiger partial charge in [-0.05, 0) is 26.3 Å². The highest BCUT2D eigenvalue weighted by Crippen LogP contribution is 2.03. The first-order valence-corrected chi connectivity index (χ1v) is 7.51. The lowest BCUT2D eigenvalue weighted by molar-refractivity contribution is -0.146. The van der Waals surface area contributed by atoms with E-state index >= 15 is 0 Å². The molecule has 4 N–H and O–H groups in total. The first-order chi connectivity index (χ1) is 10.5. The third-order valence-corrected chi connectivity index (χ3v) is 2.91. The summed E-state index contributed by atoms with van der Waals surface area (Å²) < 4.78 is 4.95. The highest BCUT2D eigenvalue weighted by Gasteiger charge is 2.18. The Hall–Kier alpha value is -1.67. The minimum Gasteiger partial charge on any atom is -0.481 e. The van der Waals surface area contributed by atoms with Gasteiger partial charge in [0.15, 0.2) is 0 Å². The van der Waals surface area contributed by atoms with Gasteiger partial charge in [-0.25, -0.2) is 0 Å². The molecule has 128 valence electrons. The average molecular weight is 318 g/mol. The van der Waals surface area contributed by atoms with E-state index in [4.69, 9.17) is 14.9 Å². The molecule has 0 fully saturated rings. The second kappa shape index (κ2) is 13.0. The lowest BCUT2D eigenvalue weighted by atomic mass is 10.1. The van der Waals surface area contributed by atoms with E-state index < -0.39 is 18.0 Å². The Balaban J connectivity index is 3.89. The molecule has 0 heterocycles. The van der Waals surface area contributed by atoms with Crippen molar-refractivity contribution in [1.29, 1.82) is 0 Å². The predicted octanol–water partition coefficient (Wildman–Crippen LogP) is 0.217. The summed E-state index contributed by atoms with van der Waals surface area (Å²) in [6.07, 6.45) is 2.15. The van der Waals surface area contributed by atoms with Crippen LogP contribution in [-0.2, 0) is 19.1 Å². The molecule has 0 aromatic carbocycles. The average Bonchev–Trinajstić information content (AvgIpc) is 2.43. The first kappa shape index (κ1) is 20.3. The van der Waals surface area contributed by atoms with Crippen LogP contribution in [0.25, 0.3) is 0 Å². The topological polar surface area (TPSA) is 125 Å². The molecule has 0 amide bonds. The van der Waals surface area contributed by atoms with Gasteiger partial charge >= 0.3 is 17.9 Å². The first-order valence-electron chi connectivity index (χ1n) is 7.51. The molecule has 0 rings (SSSR count). The summed E-state index contributed by atoms with van der Waals surface area (Å²) in [5.41, 5.74) is 0. The molecule has 0 saturated carbocycles. The molecule has 0 aliphatic rings. The molecule has 0 bridgehead atoms. The molecule has 22 heavy (non-hydrogen) atoms. The number of rotatable bonds is 14. The van der Waals surface area contributed by atoms with Gasteiger partial charge in [-0.3, -0.25) is 14.4 Å². The third kappa shape index (κ3) is 12.1. The minimum atomic E-state index is -0.919. The van der Waals surface area contributed by atoms with Gasteiger partial charge in [-0.15, -0.1) is 0 Å². The Bertz CT molecular complexity index is 348. The van der Waals surface area contributed by atoms with E-state index in [-0.39, 0.29) is 32.0 Å². The molecule has 1 atom stereocenters. The number of hydrogen-bond acceptors (Lipinski definition) is 6. The lowest BCUT2D eigenvalue weighted by Crippen LogP contribution is -2.39. The standard InChI is InChI=1S/C14H26N2O6/c1-2-22-14(21)11(16-10-7-13(19)20)5-3-4-8-15-9-6-12(17)18/h11,15-16H,2-10H2,1H3,(H,17,18)(H,19,20). The van der Waals surface area contributed by atoms with Crippen LogP contribution in [0.4, 0.5) is 0 Å². The van der Waals surface area contributed by atoms with E-state index in [0.29, 0.717) is 19.5 Å². The van der Waals surface area contributed by atoms with Gasteiger partial charge in [0.2, 0.25) is 0 Å². The number of carbonyl (C=O) groups is 3. The van der Waals surface area contributed by atoms with Gasteiger partial charge in [0, 0.05) is 13.1 Å². The number of esters is 1. The maximum absolute atomic E-state index is 11.7. The minimum absolute atomic E-state index is 0.0490. The van der Waals surface area contributed by atoms with Crippen LogP contribution in [0.5, 0.6) is 0 Å². The number of hydrogen-bond donors (Lipinski definition) is 4. The Kier molecular flexibility index (Phi) is 12.0. The normalized spacial score (nSPS) is 11.9. The highest BCUT2D eigenvalue weighted by molar-refractivity contribution is 5.75. The van der Waals surface area contributed by atoms with Crippen molar-refractivity contribution in [3.8, 4) is 0 Å². The summed E-state index contributed by atoms with van der Waals surface area (Å²) in [4.78, 5) is 32.5. The van der Waals surface area contributed by atoms with Crippen LogP contribution >= 0.6 is 0 Å². The second-order valence-electron chi connectivity index (χ2n) is 4.79. The van der Waals surface area contributed by atoms with Crippen LogP contribution in [0.15, 0.2) is 0 Å². The van der Waals surface area contributed by atoms with Crippen LogP contribution in [0, 0.1) is 0 Å². The van der Waals surface area contributed by atoms with E-state index in [1.54, 1.807) is 6.92 Å². The molecular formula is C14H26N2O6. The molecule has 0 aliphatic carbocycles. The zero-order valence-electron chi connectivity index (χ0n) is 13.0. The summed E-state index contributed by atoms with van der Waals surface area (Å²) in [6.45, 7) is 3.33. The lowest BCUT2D eigenvalue weighted by Gasteiger charge is -2.16. The van der Waals surface area contributed by atoms with Crippen molar-refractivity contribution >= 4 is 17.9 Å². The van der Waals surface area contributed by atoms with Crippen LogP contribution < -0.4 is 10.6 Å². The Labute approximate surface area is 130 Å². The number of carbonyl (C=O) groups excluding carboxylic acids is 1. The molecule has 1 unspecified atom stereocenters. The maximum Gasteiger partial charge on any atom is 0.323 e. The van der Waals surface area contributed by atoms with Gasteiger partial charge in [0.1, 0.15) is 6.04 Å². The fourth-order valence-electron chi connectivity index (χ4n) is 1.82. The van der Waals surface area contributed by atoms with Crippen molar-refractivity contribution in [1.82, 2.24) is 10.6 Å². The number of ether oxygens (including phenoxy) is 1. The largest absolute Gasteiger partial charge is 0.481 e. The summed E-state index contributed by atoms with van der Waals surface area (Å²) in [5.74, 6) is -2.12. The van der Waals surface area contributed by atoms with Gasteiger partial charge < -0.3 is 25.6 Å². The molecule has 0 radical (unpaired) electrons. The van der Waals surface area contributed by atoms with E-state index in [2.05, 4.69) is 10.6 Å². The molecule has 8 heteroatoms. The van der Waals surface area contributed by atoms with Gasteiger partial charge in [0.25, 0.3) is 0 Å². The van der Waals surface area contributed by atoms with E-state index in [0.717, 1.165) is 12.8 Å². The molecular weight excluding hydrogens is 292 g/mol. The zero-order valence-corrected chi connectivity index (χ0v) is 13.0. The number of nitrogens with one attached hydrogen (secondary N) is 2. The van der Waals surface area contributed by atoms with E-state index in [9.17, 15) is 14.4 Å². The molecule has 8 nitrogen and oxygen atoms in total. The molecule has 0 aromatic heterocycles. The monoisotopic (exact) mass is 318 g/mol. The van der Waals surface area contributed by atoms with Crippen molar-refractivity contribution in [3.05, 3.63) is 0 Å². The summed E-state index contributed by atoms with van der Waals surface area (Å²) in [7, 11) is 0. The van der Waals surface area contributed by atoms with Gasteiger partial charge in [-0.2, -0.15) is 0 Å². The number of unbranched alkanes of at least 4 members (excludes halogenated alkanes) is 1. The summed E-state index contributed by atoms with van der Waals surface area (Å²) in [5, 5.41) is 23.0. The van der Waals surface area contributed by atoms with E-state index in [1.807, 2.05) is 0 Å². The second-order valence-corrected chi connectivity index (χ2v) is 4.79. The number of carboxylic acid groups (broad SMARTS) is 2. The Morgan fingerprint density at radius 1 is 1.00 bits per heavy atom. The maximum atomic E-state index is 11.7. The van der Waals surface area contributed by atoms with Crippen molar-refractivity contribution in [2.24, 2.45) is 0 Å². The zero-order chi connectivity index (χ0) is 16.8. The Morgan fingerprint density at radius 2 is 1.64 bits per heavy atom. The smallest absolute Gasteiger partial charge is 0.323 e. The van der Waals surface area contributed by atoms with Crippen molar-refractivity contribution in [2.75, 3.05) is 26.2 Å². The summed E-state index contributed by atoms with van der Waals surface area (Å²) in [6, 6.07) is -0.502. The van der Waals surface area contributed by atoms with Gasteiger partial charge in [0.05, 0.1) is 19.4 Å². The van der Waals surface area contributed by atoms with Crippen molar-refractivity contribution in [3.63, 3.8) is 0 Å². The number of aliphatic carboxylic acids is 2. The molecule has 0 aliphatic heterocycles. The third-order valence-electron chi connectivity index (χ3n) is 2.91. The van der Waals surface area contributed by atoms with Gasteiger partial charge in [-0.1, -0.05) is 6.42 Å². The van der Waals surface area contributed by atoms with Crippen LogP contribution in [-0.4, -0.2) is 60.4 Å². The van der Waals surface area contributed by atoms with Crippen LogP contribution in [0.3, 0.4) is 0 Å². The van der Waals surface area contributed by atoms with Crippen LogP contribution in [0.1, 0.15) is 39.0 Å². The van der Waals surface area contributed by atoms with Crippen molar-refractivity contribution in [2.45, 2.75) is 45.1 Å². The fraction of sp³-hybridized carbons (Fsp3) is 0.786. The Morgan fingerprint density at radius 3 is 2.23 bits per heavy atom. The number of carboxylic acids is 2. The molecule has 0 aromatic rings. The predicted molar refractivity (Wildman–Crippen MR) is 79.7 cm³/mol. The highest BCUT2D eigenvalue weighted by atomic mass is 16.5. The quantitative estimate of drug-likeness (QED) is 0.265. The molecule has 0 saturated heterocycles. The van der Waals surface area contributed by atoms with Crippen molar-refractivity contribution < 1.29 is 29.3 Å². The SMILES string of the molecule is CCOC(=O)C(CCCCNCCC(=O)O)NCCC(=O)O.